The number of hydrogen-bond acceptors (Lipinski definition) is 6. The Morgan fingerprint density at radius 1 is 1.22 bits per heavy atom. The number of benzene rings is 2. The normalized spacial score (nSPS) is 17.3. The molecule has 8 nitrogen and oxygen atoms in total. The Hall–Kier alpha value is -4.00. The Labute approximate surface area is 212 Å². The predicted molar refractivity (Wildman–Crippen MR) is 137 cm³/mol. The molecule has 9 heteroatoms. The van der Waals surface area contributed by atoms with Crippen molar-refractivity contribution in [3.8, 4) is 16.5 Å². The van der Waals surface area contributed by atoms with E-state index in [-0.39, 0.29) is 31.3 Å². The lowest BCUT2D eigenvalue weighted by molar-refractivity contribution is -0.125. The molecule has 0 aliphatic carbocycles. The third-order valence-electron chi connectivity index (χ3n) is 6.53. The Bertz CT molecular complexity index is 1470. The van der Waals surface area contributed by atoms with Gasteiger partial charge in [-0.3, -0.25) is 9.59 Å². The van der Waals surface area contributed by atoms with E-state index in [4.69, 9.17) is 0 Å². The Morgan fingerprint density at radius 3 is 2.72 bits per heavy atom. The molecule has 2 amide bonds. The van der Waals surface area contributed by atoms with Crippen LogP contribution in [0.25, 0.3) is 21.3 Å². The van der Waals surface area contributed by atoms with Crippen LogP contribution in [-0.4, -0.2) is 50.1 Å². The van der Waals surface area contributed by atoms with Crippen LogP contribution in [0.1, 0.15) is 28.2 Å². The van der Waals surface area contributed by atoms with Crippen LogP contribution < -0.4 is 5.32 Å². The number of likely N-dealkylation sites (tertiary alicyclic amines) is 1. The first-order valence-corrected chi connectivity index (χ1v) is 12.6. The highest BCUT2D eigenvalue weighted by Gasteiger charge is 2.40. The van der Waals surface area contributed by atoms with E-state index >= 15 is 0 Å². The maximum Gasteiger partial charge on any atom is 0.271 e. The van der Waals surface area contributed by atoms with Crippen LogP contribution >= 0.6 is 11.3 Å². The molecule has 36 heavy (non-hydrogen) atoms. The fraction of sp³-hybridized carbons (Fsp3) is 0.259. The van der Waals surface area contributed by atoms with E-state index in [0.29, 0.717) is 12.2 Å². The summed E-state index contributed by atoms with van der Waals surface area (Å²) in [6.45, 7) is 2.36. The molecule has 4 aromatic rings. The highest BCUT2D eigenvalue weighted by atomic mass is 32.1. The minimum atomic E-state index is -0.792. The van der Waals surface area contributed by atoms with Crippen LogP contribution in [0.2, 0.25) is 0 Å². The SMILES string of the molecule is Cc1ncsc1-c1ccc(CNC(=O)C2CC(O)CN2C(=O)c2cc3ccccc3n2CC#N)cc1. The number of nitrogens with zero attached hydrogens (tertiary/aromatic N) is 4. The van der Waals surface area contributed by atoms with Crippen LogP contribution in [-0.2, 0) is 17.9 Å². The van der Waals surface area contributed by atoms with Crippen LogP contribution in [0.5, 0.6) is 0 Å². The molecule has 5 rings (SSSR count). The second-order valence-electron chi connectivity index (χ2n) is 8.88. The van der Waals surface area contributed by atoms with Gasteiger partial charge in [-0.2, -0.15) is 5.26 Å². The summed E-state index contributed by atoms with van der Waals surface area (Å²) in [5.74, 6) is -0.687. The Balaban J connectivity index is 1.31. The molecule has 2 aromatic carbocycles. The summed E-state index contributed by atoms with van der Waals surface area (Å²) in [5.41, 5.74) is 5.92. The van der Waals surface area contributed by atoms with Gasteiger partial charge in [-0.15, -0.1) is 11.3 Å². The second kappa shape index (κ2) is 9.93. The molecule has 0 radical (unpaired) electrons. The first-order valence-electron chi connectivity index (χ1n) is 11.7. The van der Waals surface area contributed by atoms with Crippen molar-refractivity contribution in [2.45, 2.75) is 38.6 Å². The first-order chi connectivity index (χ1) is 17.5. The van der Waals surface area contributed by atoms with Gasteiger partial charge < -0.3 is 19.9 Å². The topological polar surface area (TPSA) is 111 Å². The van der Waals surface area contributed by atoms with Gasteiger partial charge in [-0.1, -0.05) is 42.5 Å². The van der Waals surface area contributed by atoms with Crippen molar-refractivity contribution in [1.29, 1.82) is 5.26 Å². The third kappa shape index (κ3) is 4.49. The van der Waals surface area contributed by atoms with E-state index in [9.17, 15) is 20.0 Å². The van der Waals surface area contributed by atoms with E-state index < -0.39 is 12.1 Å². The molecule has 0 bridgehead atoms. The lowest BCUT2D eigenvalue weighted by atomic mass is 10.1. The van der Waals surface area contributed by atoms with Gasteiger partial charge in [-0.25, -0.2) is 4.98 Å². The van der Waals surface area contributed by atoms with E-state index in [1.165, 1.54) is 4.90 Å². The molecule has 1 fully saturated rings. The number of hydrogen-bond donors (Lipinski definition) is 2. The van der Waals surface area contributed by atoms with Gasteiger partial charge >= 0.3 is 0 Å². The smallest absolute Gasteiger partial charge is 0.271 e. The number of nitriles is 1. The van der Waals surface area contributed by atoms with Crippen LogP contribution in [0.15, 0.2) is 60.1 Å². The fourth-order valence-corrected chi connectivity index (χ4v) is 5.53. The summed E-state index contributed by atoms with van der Waals surface area (Å²) in [6.07, 6.45) is -0.625. The molecule has 0 saturated carbocycles. The minimum Gasteiger partial charge on any atom is -0.391 e. The number of aromatic nitrogens is 2. The molecule has 1 aliphatic heterocycles. The monoisotopic (exact) mass is 499 g/mol. The maximum atomic E-state index is 13.5. The number of thiazole rings is 1. The summed E-state index contributed by atoms with van der Waals surface area (Å²) in [4.78, 5) is 33.5. The van der Waals surface area contributed by atoms with Crippen molar-refractivity contribution in [2.75, 3.05) is 6.54 Å². The molecular weight excluding hydrogens is 474 g/mol. The first kappa shape index (κ1) is 23.7. The lowest BCUT2D eigenvalue weighted by Crippen LogP contribution is -2.46. The summed E-state index contributed by atoms with van der Waals surface area (Å²) < 4.78 is 1.66. The standard InChI is InChI=1S/C27H25N5O3S/c1-17-25(36-16-30-17)19-8-6-18(7-9-19)14-29-26(34)23-13-21(33)15-32(23)27(35)24-12-20-4-2-3-5-22(20)31(24)11-10-28/h2-9,12,16,21,23,33H,11,13-15H2,1H3,(H,29,34). The average molecular weight is 500 g/mol. The van der Waals surface area contributed by atoms with Crippen LogP contribution in [0.3, 0.4) is 0 Å². The number of aliphatic hydroxyl groups is 1. The number of rotatable bonds is 6. The largest absolute Gasteiger partial charge is 0.391 e. The van der Waals surface area contributed by atoms with Gasteiger partial charge in [0.05, 0.1) is 28.3 Å². The molecule has 2 atom stereocenters. The molecule has 2 N–H and O–H groups in total. The summed E-state index contributed by atoms with van der Waals surface area (Å²) in [6, 6.07) is 18.4. The average Bonchev–Trinajstić information content (AvgIpc) is 3.60. The molecule has 0 spiro atoms. The van der Waals surface area contributed by atoms with Gasteiger partial charge in [0.2, 0.25) is 5.91 Å². The number of carbonyl (C=O) groups is 2. The maximum absolute atomic E-state index is 13.5. The highest BCUT2D eigenvalue weighted by molar-refractivity contribution is 7.13. The summed E-state index contributed by atoms with van der Waals surface area (Å²) in [5, 5.41) is 23.4. The number of nitrogens with one attached hydrogen (secondary N) is 1. The zero-order valence-corrected chi connectivity index (χ0v) is 20.5. The van der Waals surface area contributed by atoms with Crippen LogP contribution in [0.4, 0.5) is 0 Å². The van der Waals surface area contributed by atoms with Crippen molar-refractivity contribution in [2.24, 2.45) is 0 Å². The van der Waals surface area contributed by atoms with E-state index in [0.717, 1.165) is 32.6 Å². The van der Waals surface area contributed by atoms with E-state index in [1.54, 1.807) is 22.0 Å². The predicted octanol–water partition coefficient (Wildman–Crippen LogP) is 3.49. The molecule has 2 unspecified atom stereocenters. The van der Waals surface area contributed by atoms with E-state index in [1.807, 2.05) is 61.0 Å². The minimum absolute atomic E-state index is 0.0128. The highest BCUT2D eigenvalue weighted by Crippen LogP contribution is 2.28. The van der Waals surface area contributed by atoms with E-state index in [2.05, 4.69) is 16.4 Å². The molecular formula is C27H25N5O3S. The van der Waals surface area contributed by atoms with Crippen molar-refractivity contribution < 1.29 is 14.7 Å². The van der Waals surface area contributed by atoms with Crippen LogP contribution in [0, 0.1) is 18.3 Å². The number of carbonyl (C=O) groups excluding carboxylic acids is 2. The number of aliphatic hydroxyl groups excluding tert-OH is 1. The van der Waals surface area contributed by atoms with Gasteiger partial charge in [0, 0.05) is 30.4 Å². The second-order valence-corrected chi connectivity index (χ2v) is 9.73. The van der Waals surface area contributed by atoms with Gasteiger partial charge in [0.15, 0.2) is 0 Å². The zero-order chi connectivity index (χ0) is 25.2. The molecule has 3 heterocycles. The van der Waals surface area contributed by atoms with Crippen molar-refractivity contribution in [3.05, 3.63) is 77.1 Å². The molecule has 182 valence electrons. The summed E-state index contributed by atoms with van der Waals surface area (Å²) >= 11 is 1.59. The zero-order valence-electron chi connectivity index (χ0n) is 19.7. The van der Waals surface area contributed by atoms with Gasteiger partial charge in [0.1, 0.15) is 18.3 Å². The van der Waals surface area contributed by atoms with Crippen molar-refractivity contribution >= 4 is 34.1 Å². The Kier molecular flexibility index (Phi) is 6.55. The molecule has 1 aliphatic rings. The molecule has 1 saturated heterocycles. The van der Waals surface area contributed by atoms with Crippen molar-refractivity contribution in [3.63, 3.8) is 0 Å². The number of β-amino-alcohol motifs (C(OH)–C–C–N with tert-alkyl or cyclic N) is 1. The number of para-hydroxylation sites is 1. The summed E-state index contributed by atoms with van der Waals surface area (Å²) in [7, 11) is 0. The van der Waals surface area contributed by atoms with Gasteiger partial charge in [-0.05, 0) is 30.2 Å². The number of fused-ring (bicyclic) bond motifs is 1. The fourth-order valence-electron chi connectivity index (χ4n) is 4.72. The number of amides is 2. The molecule has 2 aromatic heterocycles. The van der Waals surface area contributed by atoms with Gasteiger partial charge in [0.25, 0.3) is 5.91 Å². The number of aryl methyl sites for hydroxylation is 1. The third-order valence-corrected chi connectivity index (χ3v) is 7.51. The lowest BCUT2D eigenvalue weighted by Gasteiger charge is -2.24. The Morgan fingerprint density at radius 2 is 2.00 bits per heavy atom. The quantitative estimate of drug-likeness (QED) is 0.422. The van der Waals surface area contributed by atoms with Crippen molar-refractivity contribution in [1.82, 2.24) is 19.8 Å².